The molecule has 2 aromatic rings. The van der Waals surface area contributed by atoms with Crippen molar-refractivity contribution in [3.8, 4) is 0 Å². The minimum absolute atomic E-state index is 0. The largest absolute Gasteiger partial charge is 0.480 e. The minimum Gasteiger partial charge on any atom is -0.480 e. The second-order valence-corrected chi connectivity index (χ2v) is 7.96. The number of hydrogen-bond acceptors (Lipinski definition) is 4. The first-order chi connectivity index (χ1) is 13.6. The van der Waals surface area contributed by atoms with Crippen LogP contribution in [-0.2, 0) is 20.8 Å². The molecule has 1 aromatic heterocycles. The van der Waals surface area contributed by atoms with Crippen molar-refractivity contribution in [2.24, 2.45) is 17.6 Å². The molecule has 0 bridgehead atoms. The quantitative estimate of drug-likeness (QED) is 0.406. The van der Waals surface area contributed by atoms with Gasteiger partial charge in [-0.1, -0.05) is 45.9 Å². The van der Waals surface area contributed by atoms with Gasteiger partial charge in [-0.25, -0.2) is 4.79 Å². The topological polar surface area (TPSA) is 137 Å². The van der Waals surface area contributed by atoms with E-state index in [0.717, 1.165) is 16.5 Å². The summed E-state index contributed by atoms with van der Waals surface area (Å²) in [5.41, 5.74) is 7.55. The molecule has 9 heteroatoms. The molecule has 0 saturated heterocycles. The Kier molecular flexibility index (Phi) is 9.32. The number of fused-ring (bicyclic) bond motifs is 1. The predicted octanol–water partition coefficient (Wildman–Crippen LogP) is 1.83. The van der Waals surface area contributed by atoms with Gasteiger partial charge in [0.15, 0.2) is 0 Å². The van der Waals surface area contributed by atoms with Gasteiger partial charge in [0, 0.05) is 23.5 Å². The van der Waals surface area contributed by atoms with Crippen LogP contribution in [0.15, 0.2) is 30.5 Å². The van der Waals surface area contributed by atoms with Gasteiger partial charge in [0.2, 0.25) is 11.8 Å². The van der Waals surface area contributed by atoms with E-state index in [1.54, 1.807) is 20.0 Å². The van der Waals surface area contributed by atoms with Crippen molar-refractivity contribution in [3.63, 3.8) is 0 Å². The number of amides is 2. The standard InChI is InChI=1S/C21H30N4O4.ClH/c1-11(2)17(22)19(26)25-18(12(3)4)20(27)24-16(21(28)29)9-13-10-23-15-8-6-5-7-14(13)15;/h5-8,10-12,16-18,23H,9,22H2,1-4H3,(H,24,27)(H,25,26)(H,28,29);1H/t16-,17-,18-;/m0./s1. The maximum Gasteiger partial charge on any atom is 0.326 e. The van der Waals surface area contributed by atoms with Gasteiger partial charge < -0.3 is 26.5 Å². The fourth-order valence-electron chi connectivity index (χ4n) is 3.07. The van der Waals surface area contributed by atoms with Crippen LogP contribution in [-0.4, -0.2) is 46.0 Å². The van der Waals surface area contributed by atoms with Crippen LogP contribution in [0.2, 0.25) is 0 Å². The molecule has 166 valence electrons. The van der Waals surface area contributed by atoms with Gasteiger partial charge >= 0.3 is 5.97 Å². The summed E-state index contributed by atoms with van der Waals surface area (Å²) in [4.78, 5) is 39.9. The lowest BCUT2D eigenvalue weighted by atomic mass is 9.99. The van der Waals surface area contributed by atoms with Gasteiger partial charge in [-0.2, -0.15) is 0 Å². The third-order valence-electron chi connectivity index (χ3n) is 4.98. The van der Waals surface area contributed by atoms with Crippen molar-refractivity contribution in [3.05, 3.63) is 36.0 Å². The molecule has 2 rings (SSSR count). The summed E-state index contributed by atoms with van der Waals surface area (Å²) in [6, 6.07) is 4.80. The zero-order chi connectivity index (χ0) is 21.7. The molecule has 0 radical (unpaired) electrons. The highest BCUT2D eigenvalue weighted by Crippen LogP contribution is 2.19. The Balaban J connectivity index is 0.00000450. The Morgan fingerprint density at radius 3 is 2.23 bits per heavy atom. The second-order valence-electron chi connectivity index (χ2n) is 7.96. The first kappa shape index (κ1) is 25.5. The second kappa shape index (κ2) is 11.0. The average molecular weight is 439 g/mol. The number of aromatic amines is 1. The number of carboxylic acids is 1. The first-order valence-electron chi connectivity index (χ1n) is 9.76. The zero-order valence-corrected chi connectivity index (χ0v) is 18.5. The number of rotatable bonds is 9. The highest BCUT2D eigenvalue weighted by Gasteiger charge is 2.30. The van der Waals surface area contributed by atoms with Crippen LogP contribution in [0.1, 0.15) is 33.3 Å². The summed E-state index contributed by atoms with van der Waals surface area (Å²) in [6.45, 7) is 7.19. The number of para-hydroxylation sites is 1. The third kappa shape index (κ3) is 6.21. The molecule has 0 aliphatic heterocycles. The van der Waals surface area contributed by atoms with Crippen molar-refractivity contribution in [1.29, 1.82) is 0 Å². The Labute approximate surface area is 182 Å². The van der Waals surface area contributed by atoms with Crippen LogP contribution in [0, 0.1) is 11.8 Å². The van der Waals surface area contributed by atoms with Crippen molar-refractivity contribution in [1.82, 2.24) is 15.6 Å². The number of carbonyl (C=O) groups is 3. The molecule has 8 nitrogen and oxygen atoms in total. The van der Waals surface area contributed by atoms with Crippen LogP contribution in [0.5, 0.6) is 0 Å². The summed E-state index contributed by atoms with van der Waals surface area (Å²) in [5.74, 6) is -2.44. The summed E-state index contributed by atoms with van der Waals surface area (Å²) in [5, 5.41) is 15.8. The van der Waals surface area contributed by atoms with Crippen molar-refractivity contribution < 1.29 is 19.5 Å². The lowest BCUT2D eigenvalue weighted by Gasteiger charge is -2.26. The smallest absolute Gasteiger partial charge is 0.326 e. The highest BCUT2D eigenvalue weighted by atomic mass is 35.5. The van der Waals surface area contributed by atoms with Crippen molar-refractivity contribution >= 4 is 41.1 Å². The molecule has 0 fully saturated rings. The lowest BCUT2D eigenvalue weighted by Crippen LogP contribution is -2.57. The number of aromatic nitrogens is 1. The van der Waals surface area contributed by atoms with Gasteiger partial charge in [0.1, 0.15) is 12.1 Å². The van der Waals surface area contributed by atoms with E-state index in [-0.39, 0.29) is 30.7 Å². The molecule has 0 aliphatic rings. The first-order valence-corrected chi connectivity index (χ1v) is 9.76. The number of carbonyl (C=O) groups excluding carboxylic acids is 2. The number of nitrogens with one attached hydrogen (secondary N) is 3. The number of nitrogens with two attached hydrogens (primary N) is 1. The van der Waals surface area contributed by atoms with Crippen LogP contribution < -0.4 is 16.4 Å². The van der Waals surface area contributed by atoms with Crippen LogP contribution >= 0.6 is 12.4 Å². The SMILES string of the molecule is CC(C)[C@H](N)C(=O)N[C@H](C(=O)N[C@@H](Cc1c[nH]c2ccccc12)C(=O)O)C(C)C.Cl. The number of halogens is 1. The predicted molar refractivity (Wildman–Crippen MR) is 118 cm³/mol. The Morgan fingerprint density at radius 1 is 1.03 bits per heavy atom. The zero-order valence-electron chi connectivity index (χ0n) is 17.6. The van der Waals surface area contributed by atoms with Crippen LogP contribution in [0.25, 0.3) is 10.9 Å². The third-order valence-corrected chi connectivity index (χ3v) is 4.98. The molecule has 30 heavy (non-hydrogen) atoms. The van der Waals surface area contributed by atoms with Crippen molar-refractivity contribution in [2.75, 3.05) is 0 Å². The molecule has 0 aliphatic carbocycles. The molecule has 1 heterocycles. The number of benzene rings is 1. The van der Waals surface area contributed by atoms with Crippen molar-refractivity contribution in [2.45, 2.75) is 52.2 Å². The minimum atomic E-state index is -1.14. The number of hydrogen-bond donors (Lipinski definition) is 5. The summed E-state index contributed by atoms with van der Waals surface area (Å²) in [6.07, 6.45) is 1.87. The number of carboxylic acid groups (broad SMARTS) is 1. The fraction of sp³-hybridized carbons (Fsp3) is 0.476. The number of H-pyrrole nitrogens is 1. The van der Waals surface area contributed by atoms with E-state index < -0.39 is 35.9 Å². The molecule has 3 atom stereocenters. The Bertz CT molecular complexity index is 881. The molecule has 0 unspecified atom stereocenters. The highest BCUT2D eigenvalue weighted by molar-refractivity contribution is 5.92. The lowest BCUT2D eigenvalue weighted by molar-refractivity contribution is -0.142. The molecular formula is C21H31ClN4O4. The van der Waals surface area contributed by atoms with E-state index in [9.17, 15) is 19.5 Å². The molecule has 0 spiro atoms. The van der Waals surface area contributed by atoms with Gasteiger partial charge in [0.25, 0.3) is 0 Å². The average Bonchev–Trinajstić information content (AvgIpc) is 3.07. The molecule has 0 saturated carbocycles. The molecular weight excluding hydrogens is 408 g/mol. The Hall–Kier alpha value is -2.58. The van der Waals surface area contributed by atoms with E-state index in [1.165, 1.54) is 0 Å². The number of aliphatic carboxylic acids is 1. The van der Waals surface area contributed by atoms with E-state index in [2.05, 4.69) is 15.6 Å². The van der Waals surface area contributed by atoms with E-state index >= 15 is 0 Å². The summed E-state index contributed by atoms with van der Waals surface area (Å²) >= 11 is 0. The molecule has 2 amide bonds. The monoisotopic (exact) mass is 438 g/mol. The molecule has 6 N–H and O–H groups in total. The fourth-order valence-corrected chi connectivity index (χ4v) is 3.07. The molecule has 1 aromatic carbocycles. The van der Waals surface area contributed by atoms with E-state index in [1.807, 2.05) is 38.1 Å². The van der Waals surface area contributed by atoms with E-state index in [0.29, 0.717) is 0 Å². The normalized spacial score (nSPS) is 14.1. The van der Waals surface area contributed by atoms with Gasteiger partial charge in [-0.05, 0) is 23.5 Å². The van der Waals surface area contributed by atoms with Gasteiger partial charge in [0.05, 0.1) is 6.04 Å². The van der Waals surface area contributed by atoms with E-state index in [4.69, 9.17) is 5.73 Å². The van der Waals surface area contributed by atoms with Crippen LogP contribution in [0.3, 0.4) is 0 Å². The Morgan fingerprint density at radius 2 is 1.67 bits per heavy atom. The maximum atomic E-state index is 12.8. The maximum absolute atomic E-state index is 12.8. The van der Waals surface area contributed by atoms with Gasteiger partial charge in [-0.15, -0.1) is 12.4 Å². The van der Waals surface area contributed by atoms with Gasteiger partial charge in [-0.3, -0.25) is 9.59 Å². The summed E-state index contributed by atoms with van der Waals surface area (Å²) in [7, 11) is 0. The summed E-state index contributed by atoms with van der Waals surface area (Å²) < 4.78 is 0. The van der Waals surface area contributed by atoms with Crippen LogP contribution in [0.4, 0.5) is 0 Å².